The fraction of sp³-hybridized carbons (Fsp3) is 0.105. The molecule has 0 unspecified atom stereocenters. The van der Waals surface area contributed by atoms with Crippen LogP contribution in [-0.2, 0) is 14.3 Å². The third-order valence-corrected chi connectivity index (χ3v) is 5.85. The van der Waals surface area contributed by atoms with Gasteiger partial charge in [0, 0.05) is 10.9 Å². The number of hydrogen-bond donors (Lipinski definition) is 0. The number of cyclic esters (lactones) is 1. The summed E-state index contributed by atoms with van der Waals surface area (Å²) in [6.45, 7) is 1.74. The molecule has 1 heterocycles. The number of esters is 2. The summed E-state index contributed by atoms with van der Waals surface area (Å²) in [5.41, 5.74) is 1.69. The molecule has 0 saturated heterocycles. The van der Waals surface area contributed by atoms with Crippen molar-refractivity contribution in [2.45, 2.75) is 13.3 Å². The van der Waals surface area contributed by atoms with E-state index in [0.29, 0.717) is 17.7 Å². The van der Waals surface area contributed by atoms with Gasteiger partial charge in [-0.1, -0.05) is 19.1 Å². The fourth-order valence-electron chi connectivity index (χ4n) is 2.26. The molecule has 0 atom stereocenters. The van der Waals surface area contributed by atoms with E-state index in [9.17, 15) is 9.59 Å². The normalized spacial score (nSPS) is 14.9. The first kappa shape index (κ1) is 20.5. The van der Waals surface area contributed by atoms with Crippen molar-refractivity contribution in [1.29, 1.82) is 0 Å². The molecule has 138 valence electrons. The minimum Gasteiger partial charge on any atom is -0.424 e. The number of aliphatic imine (C=N–C) groups is 1. The maximum absolute atomic E-state index is 12.2. The summed E-state index contributed by atoms with van der Waals surface area (Å²) in [6.07, 6.45) is 1.96. The first-order chi connectivity index (χ1) is 12.9. The molecule has 0 N–H and O–H groups in total. The molecule has 0 spiro atoms. The molecule has 27 heavy (non-hydrogen) atoms. The first-order valence-electron chi connectivity index (χ1n) is 7.86. The highest BCUT2D eigenvalue weighted by Crippen LogP contribution is 2.31. The van der Waals surface area contributed by atoms with Crippen LogP contribution in [0.3, 0.4) is 0 Å². The van der Waals surface area contributed by atoms with Crippen molar-refractivity contribution < 1.29 is 19.1 Å². The molecule has 0 fully saturated rings. The van der Waals surface area contributed by atoms with Crippen molar-refractivity contribution >= 4 is 85.0 Å². The Balaban J connectivity index is 1.93. The van der Waals surface area contributed by atoms with Gasteiger partial charge in [0.15, 0.2) is 11.4 Å². The summed E-state index contributed by atoms with van der Waals surface area (Å²) in [5, 5.41) is 0. The zero-order valence-electron chi connectivity index (χ0n) is 14.0. The van der Waals surface area contributed by atoms with Gasteiger partial charge in [0.1, 0.15) is 0 Å². The second-order valence-corrected chi connectivity index (χ2v) is 8.64. The van der Waals surface area contributed by atoms with Crippen LogP contribution in [-0.4, -0.2) is 17.8 Å². The molecule has 3 rings (SSSR count). The number of hydrogen-bond acceptors (Lipinski definition) is 5. The maximum Gasteiger partial charge on any atom is 0.363 e. The van der Waals surface area contributed by atoms with E-state index in [1.807, 2.05) is 36.4 Å². The molecule has 2 aromatic carbocycles. The molecular weight excluding hydrogens is 640 g/mol. The third-order valence-electron chi connectivity index (χ3n) is 3.55. The molecule has 2 aromatic rings. The predicted octanol–water partition coefficient (Wildman–Crippen LogP) is 5.32. The highest BCUT2D eigenvalue weighted by atomic mass is 127. The first-order valence-corrected chi connectivity index (χ1v) is 10.8. The van der Waals surface area contributed by atoms with Gasteiger partial charge in [-0.3, -0.25) is 4.79 Å². The Kier molecular flexibility index (Phi) is 6.69. The van der Waals surface area contributed by atoms with Crippen molar-refractivity contribution in [3.05, 3.63) is 64.8 Å². The van der Waals surface area contributed by atoms with Gasteiger partial charge in [0.05, 0.1) is 12.7 Å². The fourth-order valence-corrected chi connectivity index (χ4v) is 4.75. The molecule has 0 amide bonds. The van der Waals surface area contributed by atoms with Gasteiger partial charge in [-0.2, -0.15) is 0 Å². The average Bonchev–Trinajstić information content (AvgIpc) is 2.98. The van der Waals surface area contributed by atoms with Crippen LogP contribution >= 0.6 is 61.1 Å². The average molecular weight is 652 g/mol. The predicted molar refractivity (Wildman–Crippen MR) is 123 cm³/mol. The molecule has 8 heteroatoms. The summed E-state index contributed by atoms with van der Waals surface area (Å²) >= 11 is 7.63. The quantitative estimate of drug-likeness (QED) is 0.194. The SMILES string of the molecule is CCC(=O)Oc1c(I)cc(/C=C2\N=C(c3ccccc3Br)OC2=O)cc1I. The number of carbonyl (C=O) groups is 2. The Morgan fingerprint density at radius 3 is 2.56 bits per heavy atom. The van der Waals surface area contributed by atoms with Crippen molar-refractivity contribution in [2.75, 3.05) is 0 Å². The van der Waals surface area contributed by atoms with Crippen LogP contribution in [0.1, 0.15) is 24.5 Å². The van der Waals surface area contributed by atoms with Crippen LogP contribution < -0.4 is 4.74 Å². The number of benzene rings is 2. The van der Waals surface area contributed by atoms with Gasteiger partial charge in [0.2, 0.25) is 5.90 Å². The lowest BCUT2D eigenvalue weighted by atomic mass is 10.2. The summed E-state index contributed by atoms with van der Waals surface area (Å²) < 4.78 is 13.0. The lowest BCUT2D eigenvalue weighted by molar-refractivity contribution is -0.134. The molecule has 0 saturated carbocycles. The van der Waals surface area contributed by atoms with Crippen LogP contribution in [0.15, 0.2) is 51.6 Å². The summed E-state index contributed by atoms with van der Waals surface area (Å²) in [6, 6.07) is 11.1. The van der Waals surface area contributed by atoms with Crippen LogP contribution in [0.25, 0.3) is 6.08 Å². The van der Waals surface area contributed by atoms with E-state index in [-0.39, 0.29) is 17.6 Å². The second-order valence-electron chi connectivity index (χ2n) is 5.46. The monoisotopic (exact) mass is 651 g/mol. The summed E-state index contributed by atoms with van der Waals surface area (Å²) in [7, 11) is 0. The Morgan fingerprint density at radius 2 is 1.93 bits per heavy atom. The van der Waals surface area contributed by atoms with Crippen molar-refractivity contribution in [3.8, 4) is 5.75 Å². The Bertz CT molecular complexity index is 978. The number of rotatable bonds is 4. The van der Waals surface area contributed by atoms with Crippen LogP contribution in [0.4, 0.5) is 0 Å². The number of ether oxygens (including phenoxy) is 2. The van der Waals surface area contributed by atoms with E-state index < -0.39 is 5.97 Å². The van der Waals surface area contributed by atoms with E-state index in [2.05, 4.69) is 66.1 Å². The highest BCUT2D eigenvalue weighted by Gasteiger charge is 2.25. The largest absolute Gasteiger partial charge is 0.424 e. The number of carbonyl (C=O) groups excluding carboxylic acids is 2. The Hall–Kier alpha value is -1.27. The standard InChI is InChI=1S/C19H12BrI2NO4/c1-2-16(24)26-17-13(21)7-10(8-14(17)22)9-15-19(25)27-18(23-15)11-5-3-4-6-12(11)20/h3-9H,2H2,1H3/b15-9-. The van der Waals surface area contributed by atoms with Gasteiger partial charge in [-0.15, -0.1) is 0 Å². The van der Waals surface area contributed by atoms with E-state index in [0.717, 1.165) is 17.2 Å². The van der Waals surface area contributed by atoms with E-state index in [1.165, 1.54) is 0 Å². The molecule has 0 aromatic heterocycles. The number of nitrogens with zero attached hydrogens (tertiary/aromatic N) is 1. The molecule has 0 bridgehead atoms. The lowest BCUT2D eigenvalue weighted by Gasteiger charge is -2.09. The molecule has 0 radical (unpaired) electrons. The zero-order chi connectivity index (χ0) is 19.6. The summed E-state index contributed by atoms with van der Waals surface area (Å²) in [4.78, 5) is 28.1. The van der Waals surface area contributed by atoms with Crippen LogP contribution in [0.5, 0.6) is 5.75 Å². The lowest BCUT2D eigenvalue weighted by Crippen LogP contribution is -2.08. The van der Waals surface area contributed by atoms with Crippen LogP contribution in [0.2, 0.25) is 0 Å². The molecular formula is C19H12BrI2NO4. The van der Waals surface area contributed by atoms with Crippen molar-refractivity contribution in [3.63, 3.8) is 0 Å². The topological polar surface area (TPSA) is 65.0 Å². The van der Waals surface area contributed by atoms with Crippen molar-refractivity contribution in [1.82, 2.24) is 0 Å². The van der Waals surface area contributed by atoms with E-state index in [1.54, 1.807) is 13.0 Å². The van der Waals surface area contributed by atoms with Gasteiger partial charge in [0.25, 0.3) is 0 Å². The molecule has 5 nitrogen and oxygen atoms in total. The van der Waals surface area contributed by atoms with E-state index in [4.69, 9.17) is 9.47 Å². The van der Waals surface area contributed by atoms with Gasteiger partial charge in [-0.25, -0.2) is 9.79 Å². The summed E-state index contributed by atoms with van der Waals surface area (Å²) in [5.74, 6) is -0.0144. The third kappa shape index (κ3) is 4.77. The Morgan fingerprint density at radius 1 is 1.26 bits per heavy atom. The highest BCUT2D eigenvalue weighted by molar-refractivity contribution is 14.1. The maximum atomic E-state index is 12.2. The van der Waals surface area contributed by atoms with E-state index >= 15 is 0 Å². The van der Waals surface area contributed by atoms with Crippen LogP contribution in [0, 0.1) is 7.14 Å². The number of halogens is 3. The van der Waals surface area contributed by atoms with Crippen molar-refractivity contribution in [2.24, 2.45) is 4.99 Å². The Labute approximate surface area is 191 Å². The van der Waals surface area contributed by atoms with Gasteiger partial charge < -0.3 is 9.47 Å². The smallest absolute Gasteiger partial charge is 0.363 e. The second kappa shape index (κ2) is 8.82. The zero-order valence-corrected chi connectivity index (χ0v) is 19.9. The molecule has 1 aliphatic rings. The minimum absolute atomic E-state index is 0.214. The minimum atomic E-state index is -0.507. The van der Waals surface area contributed by atoms with Gasteiger partial charge >= 0.3 is 11.9 Å². The molecule has 1 aliphatic heterocycles. The molecule has 0 aliphatic carbocycles. The van der Waals surface area contributed by atoms with Gasteiger partial charge in [-0.05, 0) is 97.0 Å².